The van der Waals surface area contributed by atoms with E-state index in [1.165, 1.54) is 39.1 Å². The Morgan fingerprint density at radius 1 is 1.20 bits per heavy atom. The smallest absolute Gasteiger partial charge is 0.235 e. The number of piperazine rings is 1. The fraction of sp³-hybridized carbons (Fsp3) is 0.933. The molecule has 1 aliphatic rings. The number of thioether (sulfide) groups is 1. The van der Waals surface area contributed by atoms with E-state index in [2.05, 4.69) is 30.7 Å². The van der Waals surface area contributed by atoms with Crippen molar-refractivity contribution < 1.29 is 4.79 Å². The fourth-order valence-corrected chi connectivity index (χ4v) is 3.66. The Kier molecular flexibility index (Phi) is 7.92. The quantitative estimate of drug-likeness (QED) is 0.665. The summed E-state index contributed by atoms with van der Waals surface area (Å²) in [5, 5.41) is 0.109. The Hall–Kier alpha value is -0.260. The first-order valence-electron chi connectivity index (χ1n) is 7.65. The lowest BCUT2D eigenvalue weighted by molar-refractivity contribution is -0.128. The summed E-state index contributed by atoms with van der Waals surface area (Å²) in [5.74, 6) is 1.73. The minimum Gasteiger partial charge on any atom is -0.348 e. The molecular formula is C15H31N3OS. The van der Waals surface area contributed by atoms with E-state index in [1.807, 2.05) is 25.9 Å². The van der Waals surface area contributed by atoms with E-state index in [9.17, 15) is 4.79 Å². The highest BCUT2D eigenvalue weighted by molar-refractivity contribution is 8.00. The molecule has 0 bridgehead atoms. The Labute approximate surface area is 128 Å². The molecule has 1 heterocycles. The van der Waals surface area contributed by atoms with Gasteiger partial charge in [-0.25, -0.2) is 0 Å². The van der Waals surface area contributed by atoms with Gasteiger partial charge in [-0.15, -0.1) is 11.8 Å². The highest BCUT2D eigenvalue weighted by atomic mass is 32.2. The summed E-state index contributed by atoms with van der Waals surface area (Å²) in [6, 6.07) is 0. The highest BCUT2D eigenvalue weighted by Gasteiger charge is 2.24. The van der Waals surface area contributed by atoms with E-state index in [0.29, 0.717) is 5.92 Å². The third kappa shape index (κ3) is 6.02. The number of likely N-dealkylation sites (N-methyl/N-ethyl adjacent to an activating group) is 1. The minimum atomic E-state index is 0.109. The molecular weight excluding hydrogens is 270 g/mol. The summed E-state index contributed by atoms with van der Waals surface area (Å²) >= 11 is 1.83. The van der Waals surface area contributed by atoms with Crippen molar-refractivity contribution in [3.05, 3.63) is 0 Å². The van der Waals surface area contributed by atoms with Gasteiger partial charge in [-0.2, -0.15) is 0 Å². The van der Waals surface area contributed by atoms with Gasteiger partial charge in [0.25, 0.3) is 0 Å². The fourth-order valence-electron chi connectivity index (χ4n) is 2.37. The molecule has 1 fully saturated rings. The summed E-state index contributed by atoms with van der Waals surface area (Å²) in [6.07, 6.45) is 1.18. The van der Waals surface area contributed by atoms with Crippen LogP contribution in [-0.4, -0.2) is 85.5 Å². The van der Waals surface area contributed by atoms with Crippen molar-refractivity contribution in [3.8, 4) is 0 Å². The van der Waals surface area contributed by atoms with Gasteiger partial charge in [-0.05, 0) is 31.7 Å². The molecule has 0 N–H and O–H groups in total. The topological polar surface area (TPSA) is 26.8 Å². The maximum atomic E-state index is 12.1. The van der Waals surface area contributed by atoms with Crippen molar-refractivity contribution in [2.45, 2.75) is 25.5 Å². The summed E-state index contributed by atoms with van der Waals surface area (Å²) in [4.78, 5) is 18.8. The van der Waals surface area contributed by atoms with E-state index in [1.54, 1.807) is 4.90 Å². The summed E-state index contributed by atoms with van der Waals surface area (Å²) in [6.45, 7) is 10.2. The van der Waals surface area contributed by atoms with Gasteiger partial charge in [0.2, 0.25) is 5.91 Å². The van der Waals surface area contributed by atoms with E-state index >= 15 is 0 Å². The molecule has 0 saturated carbocycles. The van der Waals surface area contributed by atoms with Crippen molar-refractivity contribution >= 4 is 17.7 Å². The van der Waals surface area contributed by atoms with Crippen LogP contribution in [-0.2, 0) is 4.79 Å². The first-order chi connectivity index (χ1) is 9.41. The van der Waals surface area contributed by atoms with Crippen molar-refractivity contribution in [1.82, 2.24) is 14.7 Å². The third-order valence-electron chi connectivity index (χ3n) is 3.80. The van der Waals surface area contributed by atoms with Crippen molar-refractivity contribution in [3.63, 3.8) is 0 Å². The molecule has 0 spiro atoms. The summed E-state index contributed by atoms with van der Waals surface area (Å²) in [5.41, 5.74) is 0. The van der Waals surface area contributed by atoms with Crippen LogP contribution >= 0.6 is 11.8 Å². The normalized spacial score (nSPS) is 19.3. The second-order valence-electron chi connectivity index (χ2n) is 6.27. The van der Waals surface area contributed by atoms with E-state index in [-0.39, 0.29) is 11.2 Å². The summed E-state index contributed by atoms with van der Waals surface area (Å²) < 4.78 is 0. The van der Waals surface area contributed by atoms with Crippen LogP contribution in [0.2, 0.25) is 0 Å². The zero-order valence-corrected chi connectivity index (χ0v) is 14.6. The molecule has 5 heteroatoms. The lowest BCUT2D eigenvalue weighted by atomic mass is 10.1. The van der Waals surface area contributed by atoms with Crippen LogP contribution in [0.15, 0.2) is 0 Å². The largest absolute Gasteiger partial charge is 0.348 e. The molecule has 1 rings (SSSR count). The van der Waals surface area contributed by atoms with Crippen LogP contribution in [0.1, 0.15) is 20.3 Å². The molecule has 0 aromatic rings. The van der Waals surface area contributed by atoms with E-state index < -0.39 is 0 Å². The van der Waals surface area contributed by atoms with Crippen LogP contribution in [0, 0.1) is 5.92 Å². The standard InChI is InChI=1S/C15H31N3OS/c1-13(2)14(15(19)16(3)4)20-12-6-7-18-10-8-17(5)9-11-18/h13-14H,6-12H2,1-5H3/t14-/m0/s1. The number of nitrogens with zero attached hydrogens (tertiary/aromatic N) is 3. The van der Waals surface area contributed by atoms with Gasteiger partial charge in [-0.3, -0.25) is 4.79 Å². The molecule has 0 unspecified atom stereocenters. The van der Waals surface area contributed by atoms with Crippen LogP contribution in [0.4, 0.5) is 0 Å². The van der Waals surface area contributed by atoms with Gasteiger partial charge >= 0.3 is 0 Å². The lowest BCUT2D eigenvalue weighted by Crippen LogP contribution is -2.44. The number of rotatable bonds is 7. The van der Waals surface area contributed by atoms with E-state index in [4.69, 9.17) is 0 Å². The first kappa shape index (κ1) is 17.8. The Morgan fingerprint density at radius 3 is 2.30 bits per heavy atom. The van der Waals surface area contributed by atoms with Gasteiger partial charge in [0, 0.05) is 40.3 Å². The van der Waals surface area contributed by atoms with Crippen molar-refractivity contribution in [1.29, 1.82) is 0 Å². The molecule has 20 heavy (non-hydrogen) atoms. The zero-order valence-electron chi connectivity index (χ0n) is 13.8. The number of carbonyl (C=O) groups excluding carboxylic acids is 1. The average molecular weight is 302 g/mol. The molecule has 1 amide bonds. The van der Waals surface area contributed by atoms with Crippen molar-refractivity contribution in [2.75, 3.05) is 59.6 Å². The number of amides is 1. The predicted molar refractivity (Wildman–Crippen MR) is 88.3 cm³/mol. The van der Waals surface area contributed by atoms with Gasteiger partial charge in [0.15, 0.2) is 0 Å². The Bertz CT molecular complexity index is 289. The second kappa shape index (κ2) is 8.90. The zero-order chi connectivity index (χ0) is 15.1. The highest BCUT2D eigenvalue weighted by Crippen LogP contribution is 2.22. The van der Waals surface area contributed by atoms with Crippen LogP contribution < -0.4 is 0 Å². The first-order valence-corrected chi connectivity index (χ1v) is 8.70. The van der Waals surface area contributed by atoms with Gasteiger partial charge in [-0.1, -0.05) is 13.8 Å². The minimum absolute atomic E-state index is 0.109. The molecule has 0 aromatic carbocycles. The van der Waals surface area contributed by atoms with Crippen LogP contribution in [0.25, 0.3) is 0 Å². The van der Waals surface area contributed by atoms with Crippen LogP contribution in [0.3, 0.4) is 0 Å². The number of hydrogen-bond acceptors (Lipinski definition) is 4. The molecule has 1 aliphatic heterocycles. The molecule has 4 nitrogen and oxygen atoms in total. The number of hydrogen-bond donors (Lipinski definition) is 0. The monoisotopic (exact) mass is 301 g/mol. The molecule has 0 aromatic heterocycles. The number of carbonyl (C=O) groups is 1. The van der Waals surface area contributed by atoms with E-state index in [0.717, 1.165) is 5.75 Å². The lowest BCUT2D eigenvalue weighted by Gasteiger charge is -2.32. The van der Waals surface area contributed by atoms with Crippen molar-refractivity contribution in [2.24, 2.45) is 5.92 Å². The molecule has 118 valence electrons. The van der Waals surface area contributed by atoms with Gasteiger partial charge < -0.3 is 14.7 Å². The van der Waals surface area contributed by atoms with Gasteiger partial charge in [0.05, 0.1) is 5.25 Å². The Morgan fingerprint density at radius 2 is 1.80 bits per heavy atom. The molecule has 1 saturated heterocycles. The maximum Gasteiger partial charge on any atom is 0.235 e. The molecule has 0 aliphatic carbocycles. The molecule has 1 atom stereocenters. The average Bonchev–Trinajstić information content (AvgIpc) is 2.39. The van der Waals surface area contributed by atoms with Crippen LogP contribution in [0.5, 0.6) is 0 Å². The van der Waals surface area contributed by atoms with Gasteiger partial charge in [0.1, 0.15) is 0 Å². The maximum absolute atomic E-state index is 12.1. The Balaban J connectivity index is 2.22. The predicted octanol–water partition coefficient (Wildman–Crippen LogP) is 1.47. The second-order valence-corrected chi connectivity index (χ2v) is 7.52. The SMILES string of the molecule is CC(C)[C@H](SCCCN1CCN(C)CC1)C(=O)N(C)C. The molecule has 0 radical (unpaired) electrons. The third-order valence-corrected chi connectivity index (χ3v) is 5.43. The summed E-state index contributed by atoms with van der Waals surface area (Å²) in [7, 11) is 5.89.